The van der Waals surface area contributed by atoms with Crippen LogP contribution in [0, 0.1) is 0 Å². The van der Waals surface area contributed by atoms with Crippen molar-refractivity contribution >= 4 is 23.2 Å². The van der Waals surface area contributed by atoms with Gasteiger partial charge in [0, 0.05) is 16.9 Å². The van der Waals surface area contributed by atoms with Gasteiger partial charge in [-0.15, -0.1) is 0 Å². The van der Waals surface area contributed by atoms with Gasteiger partial charge in [-0.1, -0.05) is 26.0 Å². The summed E-state index contributed by atoms with van der Waals surface area (Å²) >= 11 is 0. The van der Waals surface area contributed by atoms with Crippen LogP contribution in [-0.2, 0) is 4.79 Å². The molecule has 1 aromatic heterocycles. The Morgan fingerprint density at radius 2 is 1.50 bits per heavy atom. The molecule has 2 N–H and O–H groups in total. The van der Waals surface area contributed by atoms with E-state index in [1.54, 1.807) is 31.2 Å². The smallest absolute Gasteiger partial charge is 0.255 e. The van der Waals surface area contributed by atoms with Gasteiger partial charge in [-0.05, 0) is 54.8 Å². The second kappa shape index (κ2) is 8.47. The summed E-state index contributed by atoms with van der Waals surface area (Å²) in [6.45, 7) is 5.97. The number of rotatable bonds is 6. The predicted octanol–water partition coefficient (Wildman–Crippen LogP) is 3.85. The first-order valence-electron chi connectivity index (χ1n) is 9.10. The highest BCUT2D eigenvalue weighted by Gasteiger charge is 2.15. The van der Waals surface area contributed by atoms with Gasteiger partial charge in [0.15, 0.2) is 0 Å². The topological polar surface area (TPSA) is 88.9 Å². The lowest BCUT2D eigenvalue weighted by Crippen LogP contribution is -2.24. The zero-order valence-electron chi connectivity index (χ0n) is 16.1. The summed E-state index contributed by atoms with van der Waals surface area (Å²) in [6, 6.07) is 14.1. The van der Waals surface area contributed by atoms with Crippen LogP contribution in [0.15, 0.2) is 61.2 Å². The first-order valence-corrected chi connectivity index (χ1v) is 9.10. The predicted molar refractivity (Wildman–Crippen MR) is 108 cm³/mol. The Morgan fingerprint density at radius 1 is 0.893 bits per heavy atom. The molecule has 0 fully saturated rings. The first-order chi connectivity index (χ1) is 13.4. The van der Waals surface area contributed by atoms with Crippen LogP contribution in [0.2, 0.25) is 0 Å². The fourth-order valence-corrected chi connectivity index (χ4v) is 2.64. The van der Waals surface area contributed by atoms with E-state index in [4.69, 9.17) is 0 Å². The van der Waals surface area contributed by atoms with Gasteiger partial charge in [0.05, 0.1) is 0 Å². The molecule has 0 saturated carbocycles. The normalized spacial score (nSPS) is 11.9. The number of nitrogens with zero attached hydrogens (tertiary/aromatic N) is 3. The van der Waals surface area contributed by atoms with Crippen LogP contribution in [0.3, 0.4) is 0 Å². The molecule has 28 heavy (non-hydrogen) atoms. The van der Waals surface area contributed by atoms with Crippen molar-refractivity contribution in [2.75, 3.05) is 10.6 Å². The van der Waals surface area contributed by atoms with Crippen LogP contribution in [0.1, 0.15) is 48.7 Å². The van der Waals surface area contributed by atoms with Gasteiger partial charge in [-0.2, -0.15) is 5.10 Å². The van der Waals surface area contributed by atoms with Crippen molar-refractivity contribution in [3.63, 3.8) is 0 Å². The number of carbonyl (C=O) groups excluding carboxylic acids is 2. The zero-order chi connectivity index (χ0) is 20.1. The van der Waals surface area contributed by atoms with Crippen molar-refractivity contribution in [3.8, 4) is 0 Å². The van der Waals surface area contributed by atoms with E-state index in [1.807, 2.05) is 24.3 Å². The van der Waals surface area contributed by atoms with Crippen LogP contribution in [0.25, 0.3) is 0 Å². The van der Waals surface area contributed by atoms with Crippen LogP contribution in [-0.4, -0.2) is 26.6 Å². The minimum Gasteiger partial charge on any atom is -0.324 e. The van der Waals surface area contributed by atoms with Crippen molar-refractivity contribution in [2.24, 2.45) is 0 Å². The second-order valence-corrected chi connectivity index (χ2v) is 6.85. The molecule has 3 aromatic rings. The Balaban J connectivity index is 1.59. The molecule has 1 heterocycles. The van der Waals surface area contributed by atoms with Gasteiger partial charge in [-0.25, -0.2) is 9.67 Å². The molecule has 0 saturated heterocycles. The highest BCUT2D eigenvalue weighted by molar-refractivity contribution is 6.04. The third-order valence-corrected chi connectivity index (χ3v) is 4.46. The Bertz CT molecular complexity index is 932. The van der Waals surface area contributed by atoms with Gasteiger partial charge in [-0.3, -0.25) is 9.59 Å². The Hall–Kier alpha value is -3.48. The summed E-state index contributed by atoms with van der Waals surface area (Å²) in [4.78, 5) is 28.5. The molecule has 3 rings (SSSR count). The summed E-state index contributed by atoms with van der Waals surface area (Å²) < 4.78 is 1.48. The van der Waals surface area contributed by atoms with Crippen LogP contribution in [0.4, 0.5) is 11.4 Å². The molecular weight excluding hydrogens is 354 g/mol. The monoisotopic (exact) mass is 377 g/mol. The minimum absolute atomic E-state index is 0.174. The summed E-state index contributed by atoms with van der Waals surface area (Å²) in [7, 11) is 0. The average Bonchev–Trinajstić information content (AvgIpc) is 3.23. The quantitative estimate of drug-likeness (QED) is 0.683. The molecule has 0 radical (unpaired) electrons. The number of nitrogens with one attached hydrogen (secondary N) is 2. The zero-order valence-corrected chi connectivity index (χ0v) is 16.1. The number of benzene rings is 2. The maximum Gasteiger partial charge on any atom is 0.255 e. The van der Waals surface area contributed by atoms with Crippen molar-refractivity contribution in [3.05, 3.63) is 72.3 Å². The molecule has 1 atom stereocenters. The molecule has 2 amide bonds. The number of anilines is 2. The van der Waals surface area contributed by atoms with Crippen molar-refractivity contribution in [1.29, 1.82) is 0 Å². The summed E-state index contributed by atoms with van der Waals surface area (Å²) in [5.41, 5.74) is 3.08. The second-order valence-electron chi connectivity index (χ2n) is 6.85. The number of hydrogen-bond acceptors (Lipinski definition) is 4. The summed E-state index contributed by atoms with van der Waals surface area (Å²) in [5, 5.41) is 9.64. The lowest BCUT2D eigenvalue weighted by atomic mass is 10.0. The van der Waals surface area contributed by atoms with E-state index in [0.29, 0.717) is 22.9 Å². The third-order valence-electron chi connectivity index (χ3n) is 4.46. The van der Waals surface area contributed by atoms with E-state index in [2.05, 4.69) is 34.6 Å². The molecule has 0 aliphatic rings. The SMILES string of the molecule is CC(C)c1ccc(C(=O)Nc2ccc(NC(=O)C(C)n3cncn3)cc2)cc1. The van der Waals surface area contributed by atoms with Gasteiger partial charge in [0.2, 0.25) is 5.91 Å². The van der Waals surface area contributed by atoms with E-state index in [0.717, 1.165) is 0 Å². The van der Waals surface area contributed by atoms with Crippen LogP contribution in [0.5, 0.6) is 0 Å². The molecule has 0 aliphatic heterocycles. The molecule has 0 aliphatic carbocycles. The van der Waals surface area contributed by atoms with Crippen LogP contribution < -0.4 is 10.6 Å². The van der Waals surface area contributed by atoms with E-state index in [1.165, 1.54) is 22.9 Å². The van der Waals surface area contributed by atoms with Gasteiger partial charge in [0.1, 0.15) is 18.7 Å². The van der Waals surface area contributed by atoms with E-state index >= 15 is 0 Å². The maximum absolute atomic E-state index is 12.4. The van der Waals surface area contributed by atoms with E-state index < -0.39 is 6.04 Å². The number of amides is 2. The fourth-order valence-electron chi connectivity index (χ4n) is 2.64. The molecule has 7 heteroatoms. The van der Waals surface area contributed by atoms with Crippen LogP contribution >= 0.6 is 0 Å². The van der Waals surface area contributed by atoms with E-state index in [9.17, 15) is 9.59 Å². The highest BCUT2D eigenvalue weighted by Crippen LogP contribution is 2.18. The van der Waals surface area contributed by atoms with E-state index in [-0.39, 0.29) is 11.8 Å². The number of carbonyl (C=O) groups is 2. The van der Waals surface area contributed by atoms with Crippen molar-refractivity contribution in [2.45, 2.75) is 32.7 Å². The van der Waals surface area contributed by atoms with Gasteiger partial charge >= 0.3 is 0 Å². The highest BCUT2D eigenvalue weighted by atomic mass is 16.2. The summed E-state index contributed by atoms with van der Waals surface area (Å²) in [6.07, 6.45) is 2.88. The van der Waals surface area contributed by atoms with Crippen molar-refractivity contribution < 1.29 is 9.59 Å². The number of aromatic nitrogens is 3. The molecule has 1 unspecified atom stereocenters. The fraction of sp³-hybridized carbons (Fsp3) is 0.238. The maximum atomic E-state index is 12.4. The molecule has 144 valence electrons. The number of hydrogen-bond donors (Lipinski definition) is 2. The first kappa shape index (κ1) is 19.3. The van der Waals surface area contributed by atoms with Crippen molar-refractivity contribution in [1.82, 2.24) is 14.8 Å². The molecule has 7 nitrogen and oxygen atoms in total. The molecular formula is C21H23N5O2. The average molecular weight is 377 g/mol. The third kappa shape index (κ3) is 4.62. The largest absolute Gasteiger partial charge is 0.324 e. The Kier molecular flexibility index (Phi) is 5.84. The minimum atomic E-state index is -0.476. The lowest BCUT2D eigenvalue weighted by Gasteiger charge is -2.12. The Morgan fingerprint density at radius 3 is 2.04 bits per heavy atom. The summed E-state index contributed by atoms with van der Waals surface area (Å²) in [5.74, 6) is 0.0477. The standard InChI is InChI=1S/C21H23N5O2/c1-14(2)16-4-6-17(7-5-16)21(28)25-19-10-8-18(9-11-19)24-20(27)15(3)26-13-22-12-23-26/h4-15H,1-3H3,(H,24,27)(H,25,28). The molecule has 0 bridgehead atoms. The molecule has 2 aromatic carbocycles. The van der Waals surface area contributed by atoms with Gasteiger partial charge < -0.3 is 10.6 Å². The van der Waals surface area contributed by atoms with Gasteiger partial charge in [0.25, 0.3) is 5.91 Å². The molecule has 0 spiro atoms. The lowest BCUT2D eigenvalue weighted by molar-refractivity contribution is -0.119. The Labute approximate surface area is 163 Å².